The van der Waals surface area contributed by atoms with Gasteiger partial charge in [0.15, 0.2) is 5.43 Å². The van der Waals surface area contributed by atoms with Gasteiger partial charge in [-0.25, -0.2) is 4.79 Å². The molecule has 0 saturated carbocycles. The number of nitrogens with one attached hydrogen (secondary N) is 1. The first kappa shape index (κ1) is 11.7. The molecule has 1 heterocycles. The molecule has 0 unspecified atom stereocenters. The van der Waals surface area contributed by atoms with Crippen LogP contribution in [-0.2, 0) is 4.74 Å². The van der Waals surface area contributed by atoms with Crippen LogP contribution in [0, 0.1) is 6.92 Å². The van der Waals surface area contributed by atoms with Crippen molar-refractivity contribution in [1.29, 1.82) is 0 Å². The third kappa shape index (κ3) is 2.03. The fraction of sp³-hybridized carbons (Fsp3) is 0.167. The first-order valence-corrected chi connectivity index (χ1v) is 5.32. The number of fused-ring (bicyclic) bond motifs is 1. The van der Waals surface area contributed by atoms with Crippen molar-refractivity contribution in [3.05, 3.63) is 44.7 Å². The van der Waals surface area contributed by atoms with Crippen LogP contribution in [0.25, 0.3) is 10.9 Å². The minimum Gasteiger partial charge on any atom is -0.464 e. The van der Waals surface area contributed by atoms with Gasteiger partial charge >= 0.3 is 5.97 Å². The Balaban J connectivity index is 2.82. The summed E-state index contributed by atoms with van der Waals surface area (Å²) in [5.41, 5.74) is 1.17. The number of benzene rings is 1. The molecule has 88 valence electrons. The number of H-pyrrole nitrogens is 1. The number of hydrogen-bond acceptors (Lipinski definition) is 3. The maximum Gasteiger partial charge on any atom is 0.354 e. The first-order chi connectivity index (χ1) is 8.02. The van der Waals surface area contributed by atoms with Crippen LogP contribution in [0.2, 0.25) is 5.02 Å². The summed E-state index contributed by atoms with van der Waals surface area (Å²) in [6, 6.07) is 4.66. The molecule has 0 spiro atoms. The normalized spacial score (nSPS) is 10.5. The fourth-order valence-corrected chi connectivity index (χ4v) is 1.98. The van der Waals surface area contributed by atoms with Crippen molar-refractivity contribution in [3.8, 4) is 0 Å². The summed E-state index contributed by atoms with van der Waals surface area (Å²) in [5, 5.41) is 0.866. The smallest absolute Gasteiger partial charge is 0.354 e. The van der Waals surface area contributed by atoms with Crippen molar-refractivity contribution >= 4 is 28.5 Å². The van der Waals surface area contributed by atoms with Gasteiger partial charge in [0.05, 0.1) is 17.6 Å². The molecule has 0 saturated heterocycles. The van der Waals surface area contributed by atoms with E-state index in [9.17, 15) is 9.59 Å². The Morgan fingerprint density at radius 3 is 2.71 bits per heavy atom. The molecule has 4 nitrogen and oxygen atoms in total. The standard InChI is InChI=1S/C12H10ClNO3/c1-6-3-7-10(15)5-9(12(16)17-2)14-11(7)8(13)4-6/h3-5H,1-2H3,(H,14,15). The predicted molar refractivity (Wildman–Crippen MR) is 65.7 cm³/mol. The summed E-state index contributed by atoms with van der Waals surface area (Å²) in [6.45, 7) is 1.85. The quantitative estimate of drug-likeness (QED) is 0.791. The lowest BCUT2D eigenvalue weighted by molar-refractivity contribution is 0.0594. The van der Waals surface area contributed by atoms with E-state index in [0.29, 0.717) is 15.9 Å². The molecule has 2 rings (SSSR count). The molecule has 0 bridgehead atoms. The number of hydrogen-bond donors (Lipinski definition) is 1. The minimum absolute atomic E-state index is 0.0933. The molecule has 0 aliphatic heterocycles. The molecular weight excluding hydrogens is 242 g/mol. The van der Waals surface area contributed by atoms with Crippen LogP contribution in [0.3, 0.4) is 0 Å². The van der Waals surface area contributed by atoms with Gasteiger partial charge in [-0.15, -0.1) is 0 Å². The Bertz CT molecular complexity index is 661. The number of carbonyl (C=O) groups excluding carboxylic acids is 1. The summed E-state index contributed by atoms with van der Waals surface area (Å²) in [4.78, 5) is 26.0. The van der Waals surface area contributed by atoms with E-state index in [4.69, 9.17) is 11.6 Å². The van der Waals surface area contributed by atoms with Gasteiger partial charge in [0.1, 0.15) is 5.69 Å². The maximum atomic E-state index is 11.8. The number of carbonyl (C=O) groups is 1. The number of aromatic nitrogens is 1. The predicted octanol–water partition coefficient (Wildman–Crippen LogP) is 2.28. The van der Waals surface area contributed by atoms with Crippen LogP contribution in [0.4, 0.5) is 0 Å². The van der Waals surface area contributed by atoms with Gasteiger partial charge in [-0.05, 0) is 24.6 Å². The monoisotopic (exact) mass is 251 g/mol. The maximum absolute atomic E-state index is 11.8. The Kier molecular flexibility index (Phi) is 2.90. The number of esters is 1. The minimum atomic E-state index is -0.597. The molecule has 2 aromatic rings. The second kappa shape index (κ2) is 4.22. The third-order valence-electron chi connectivity index (χ3n) is 2.44. The molecule has 0 amide bonds. The second-order valence-electron chi connectivity index (χ2n) is 3.71. The lowest BCUT2D eigenvalue weighted by atomic mass is 10.1. The molecule has 0 aliphatic rings. The van der Waals surface area contributed by atoms with Gasteiger partial charge in [0.25, 0.3) is 0 Å². The summed E-state index contributed by atoms with van der Waals surface area (Å²) < 4.78 is 4.55. The number of methoxy groups -OCH3 is 1. The number of aryl methyl sites for hydroxylation is 1. The highest BCUT2D eigenvalue weighted by Gasteiger charge is 2.11. The van der Waals surface area contributed by atoms with Crippen LogP contribution < -0.4 is 5.43 Å². The van der Waals surface area contributed by atoms with E-state index in [-0.39, 0.29) is 11.1 Å². The zero-order chi connectivity index (χ0) is 12.6. The van der Waals surface area contributed by atoms with E-state index in [1.54, 1.807) is 12.1 Å². The number of aromatic amines is 1. The molecule has 1 N–H and O–H groups in total. The lowest BCUT2D eigenvalue weighted by Crippen LogP contribution is -2.11. The van der Waals surface area contributed by atoms with E-state index in [1.807, 2.05) is 6.92 Å². The zero-order valence-corrected chi connectivity index (χ0v) is 10.1. The van der Waals surface area contributed by atoms with E-state index in [1.165, 1.54) is 13.2 Å². The third-order valence-corrected chi connectivity index (χ3v) is 2.74. The molecule has 17 heavy (non-hydrogen) atoms. The van der Waals surface area contributed by atoms with Crippen molar-refractivity contribution < 1.29 is 9.53 Å². The van der Waals surface area contributed by atoms with Crippen molar-refractivity contribution in [2.45, 2.75) is 6.92 Å². The Morgan fingerprint density at radius 1 is 1.35 bits per heavy atom. The summed E-state index contributed by atoms with van der Waals surface area (Å²) in [6.07, 6.45) is 0. The molecule has 0 atom stereocenters. The second-order valence-corrected chi connectivity index (χ2v) is 4.12. The molecule has 1 aromatic carbocycles. The van der Waals surface area contributed by atoms with Crippen LogP contribution in [-0.4, -0.2) is 18.1 Å². The van der Waals surface area contributed by atoms with Crippen LogP contribution >= 0.6 is 11.6 Å². The number of halogens is 1. The van der Waals surface area contributed by atoms with Crippen molar-refractivity contribution in [2.75, 3.05) is 7.11 Å². The first-order valence-electron chi connectivity index (χ1n) is 4.94. The SMILES string of the molecule is COC(=O)c1cc(=O)c2cc(C)cc(Cl)c2[nH]1. The van der Waals surface area contributed by atoms with E-state index in [2.05, 4.69) is 9.72 Å². The number of rotatable bonds is 1. The largest absolute Gasteiger partial charge is 0.464 e. The molecule has 0 fully saturated rings. The Hall–Kier alpha value is -1.81. The molecular formula is C12H10ClNO3. The van der Waals surface area contributed by atoms with Crippen molar-refractivity contribution in [1.82, 2.24) is 4.98 Å². The highest BCUT2D eigenvalue weighted by Crippen LogP contribution is 2.21. The number of pyridine rings is 1. The molecule has 0 aliphatic carbocycles. The van der Waals surface area contributed by atoms with Crippen LogP contribution in [0.5, 0.6) is 0 Å². The van der Waals surface area contributed by atoms with Crippen molar-refractivity contribution in [2.24, 2.45) is 0 Å². The average molecular weight is 252 g/mol. The number of ether oxygens (including phenoxy) is 1. The van der Waals surface area contributed by atoms with Gasteiger partial charge in [-0.2, -0.15) is 0 Å². The van der Waals surface area contributed by atoms with E-state index in [0.717, 1.165) is 5.56 Å². The average Bonchev–Trinajstić information content (AvgIpc) is 2.29. The van der Waals surface area contributed by atoms with E-state index < -0.39 is 5.97 Å². The molecule has 0 radical (unpaired) electrons. The van der Waals surface area contributed by atoms with Gasteiger partial charge in [-0.3, -0.25) is 4.79 Å². The van der Waals surface area contributed by atoms with Crippen molar-refractivity contribution in [3.63, 3.8) is 0 Å². The van der Waals surface area contributed by atoms with Crippen LogP contribution in [0.1, 0.15) is 16.1 Å². The fourth-order valence-electron chi connectivity index (χ4n) is 1.66. The Labute approximate surface area is 102 Å². The topological polar surface area (TPSA) is 59.2 Å². The zero-order valence-electron chi connectivity index (χ0n) is 9.33. The van der Waals surface area contributed by atoms with E-state index >= 15 is 0 Å². The van der Waals surface area contributed by atoms with Gasteiger partial charge in [-0.1, -0.05) is 11.6 Å². The highest BCUT2D eigenvalue weighted by molar-refractivity contribution is 6.35. The molecule has 5 heteroatoms. The van der Waals surface area contributed by atoms with Crippen LogP contribution in [0.15, 0.2) is 23.0 Å². The summed E-state index contributed by atoms with van der Waals surface area (Å²) >= 11 is 6.03. The summed E-state index contributed by atoms with van der Waals surface area (Å²) in [7, 11) is 1.25. The lowest BCUT2D eigenvalue weighted by Gasteiger charge is -2.05. The van der Waals surface area contributed by atoms with Gasteiger partial charge < -0.3 is 9.72 Å². The van der Waals surface area contributed by atoms with Gasteiger partial charge in [0.2, 0.25) is 0 Å². The molecule has 1 aromatic heterocycles. The summed E-state index contributed by atoms with van der Waals surface area (Å²) in [5.74, 6) is -0.597. The Morgan fingerprint density at radius 2 is 2.06 bits per heavy atom. The highest BCUT2D eigenvalue weighted by atomic mass is 35.5. The van der Waals surface area contributed by atoms with Gasteiger partial charge in [0, 0.05) is 11.5 Å².